The molecule has 0 bridgehead atoms. The fourth-order valence-electron chi connectivity index (χ4n) is 0.776. The van der Waals surface area contributed by atoms with Gasteiger partial charge in [-0.3, -0.25) is 0 Å². The predicted octanol–water partition coefficient (Wildman–Crippen LogP) is 2.51. The van der Waals surface area contributed by atoms with Crippen LogP contribution in [-0.2, 0) is 9.73 Å². The Bertz CT molecular complexity index is 491. The van der Waals surface area contributed by atoms with E-state index in [0.29, 0.717) is 0 Å². The summed E-state index contributed by atoms with van der Waals surface area (Å²) in [4.78, 5) is 2.57. The Balaban J connectivity index is 3.62. The van der Waals surface area contributed by atoms with E-state index in [2.05, 4.69) is 9.35 Å². The maximum Gasteiger partial charge on any atom is 0.253 e. The number of aromatic nitrogens is 1. The van der Waals surface area contributed by atoms with Gasteiger partial charge < -0.3 is 0 Å². The summed E-state index contributed by atoms with van der Waals surface area (Å²) in [5.41, 5.74) is -0.809. The number of nitrogens with zero attached hydrogens (tertiary/aromatic N) is 2. The molecule has 3 nitrogen and oxygen atoms in total. The van der Waals surface area contributed by atoms with Gasteiger partial charge in [0.1, 0.15) is 10.7 Å². The lowest BCUT2D eigenvalue weighted by atomic mass is 10.4. The van der Waals surface area contributed by atoms with Gasteiger partial charge in [-0.05, 0) is 0 Å². The minimum atomic E-state index is -2.77. The van der Waals surface area contributed by atoms with Crippen molar-refractivity contribution in [3.63, 3.8) is 0 Å². The van der Waals surface area contributed by atoms with Gasteiger partial charge in [0.15, 0.2) is 0 Å². The lowest BCUT2D eigenvalue weighted by Gasteiger charge is -2.02. The van der Waals surface area contributed by atoms with Gasteiger partial charge >= 0.3 is 0 Å². The molecule has 1 heterocycles. The van der Waals surface area contributed by atoms with Crippen LogP contribution in [0, 0.1) is 17.7 Å². The molecule has 0 aliphatic carbocycles. The highest BCUT2D eigenvalue weighted by Crippen LogP contribution is 2.31. The molecule has 0 amide bonds. The first-order valence-corrected chi connectivity index (χ1v) is 6.30. The molecule has 0 radical (unpaired) electrons. The third-order valence-corrected chi connectivity index (χ3v) is 2.24. The number of halogens is 4. The molecule has 0 saturated carbocycles. The van der Waals surface area contributed by atoms with E-state index in [9.17, 15) is 17.4 Å². The second-order valence-corrected chi connectivity index (χ2v) is 5.87. The summed E-state index contributed by atoms with van der Waals surface area (Å²) in [6.07, 6.45) is 2.36. The molecule has 1 aromatic rings. The number of rotatable bonds is 1. The van der Waals surface area contributed by atoms with Crippen LogP contribution in [0.2, 0.25) is 5.02 Å². The highest BCUT2D eigenvalue weighted by atomic mass is 35.5. The summed E-state index contributed by atoms with van der Waals surface area (Å²) in [5, 5.41) is -0.787. The molecule has 84 valence electrons. The lowest BCUT2D eigenvalue weighted by Crippen LogP contribution is -1.98. The van der Waals surface area contributed by atoms with Gasteiger partial charge in [0.05, 0.1) is 0 Å². The molecule has 0 aliphatic heterocycles. The molecule has 0 N–H and O–H groups in total. The van der Waals surface area contributed by atoms with Gasteiger partial charge in [-0.25, -0.2) is 4.21 Å². The van der Waals surface area contributed by atoms with Crippen LogP contribution < -0.4 is 0 Å². The Hall–Kier alpha value is -0.820. The van der Waals surface area contributed by atoms with E-state index in [-0.39, 0.29) is 0 Å². The zero-order valence-corrected chi connectivity index (χ0v) is 9.30. The molecule has 0 fully saturated rings. The van der Waals surface area contributed by atoms with E-state index in [4.69, 9.17) is 11.6 Å². The van der Waals surface area contributed by atoms with Crippen molar-refractivity contribution in [3.8, 4) is 0 Å². The Morgan fingerprint density at radius 2 is 1.80 bits per heavy atom. The summed E-state index contributed by atoms with van der Waals surface area (Å²) >= 11 is 5.31. The standard InChI is InChI=1S/C7H6ClF3N2OS/c1-15(2,14)13-5-3(8)6(10)12-7(11)4(5)9/h1-2H3. The summed E-state index contributed by atoms with van der Waals surface area (Å²) in [7, 11) is -2.77. The van der Waals surface area contributed by atoms with Gasteiger partial charge in [-0.2, -0.15) is 22.5 Å². The highest BCUT2D eigenvalue weighted by molar-refractivity contribution is 7.92. The van der Waals surface area contributed by atoms with Crippen LogP contribution in [0.15, 0.2) is 4.36 Å². The largest absolute Gasteiger partial charge is 0.253 e. The number of pyridine rings is 1. The monoisotopic (exact) mass is 258 g/mol. The highest BCUT2D eigenvalue weighted by Gasteiger charge is 2.19. The van der Waals surface area contributed by atoms with E-state index in [1.54, 1.807) is 0 Å². The van der Waals surface area contributed by atoms with Crippen molar-refractivity contribution < 1.29 is 17.4 Å². The molecule has 0 unspecified atom stereocenters. The molecule has 1 aromatic heterocycles. The maximum absolute atomic E-state index is 13.1. The summed E-state index contributed by atoms with van der Waals surface area (Å²) < 4.78 is 53.1. The van der Waals surface area contributed by atoms with E-state index in [0.717, 1.165) is 0 Å². The van der Waals surface area contributed by atoms with Crippen molar-refractivity contribution in [2.24, 2.45) is 4.36 Å². The Morgan fingerprint density at radius 3 is 2.27 bits per heavy atom. The van der Waals surface area contributed by atoms with Crippen molar-refractivity contribution >= 4 is 27.0 Å². The zero-order chi connectivity index (χ0) is 11.8. The van der Waals surface area contributed by atoms with Gasteiger partial charge in [0, 0.05) is 22.2 Å². The number of hydrogen-bond donors (Lipinski definition) is 0. The van der Waals surface area contributed by atoms with Crippen LogP contribution in [0.3, 0.4) is 0 Å². The fourth-order valence-corrected chi connectivity index (χ4v) is 1.60. The first-order chi connectivity index (χ1) is 6.72. The average Bonchev–Trinajstić information content (AvgIpc) is 2.08. The molecule has 15 heavy (non-hydrogen) atoms. The fraction of sp³-hybridized carbons (Fsp3) is 0.286. The predicted molar refractivity (Wildman–Crippen MR) is 51.2 cm³/mol. The topological polar surface area (TPSA) is 42.3 Å². The zero-order valence-electron chi connectivity index (χ0n) is 7.72. The van der Waals surface area contributed by atoms with Crippen LogP contribution in [0.4, 0.5) is 18.9 Å². The van der Waals surface area contributed by atoms with Crippen molar-refractivity contribution in [1.82, 2.24) is 4.98 Å². The van der Waals surface area contributed by atoms with Gasteiger partial charge in [0.25, 0.3) is 5.95 Å². The van der Waals surface area contributed by atoms with Crippen molar-refractivity contribution in [2.45, 2.75) is 0 Å². The normalized spacial score (nSPS) is 11.6. The van der Waals surface area contributed by atoms with E-state index < -0.39 is 38.2 Å². The third-order valence-electron chi connectivity index (χ3n) is 1.29. The molecule has 8 heteroatoms. The Labute approximate surface area is 89.5 Å². The second-order valence-electron chi connectivity index (χ2n) is 2.94. The smallest absolute Gasteiger partial charge is 0.250 e. The molecular weight excluding hydrogens is 253 g/mol. The van der Waals surface area contributed by atoms with Crippen LogP contribution in [-0.4, -0.2) is 21.7 Å². The molecule has 1 rings (SSSR count). The van der Waals surface area contributed by atoms with E-state index >= 15 is 0 Å². The molecular formula is C7H6ClF3N2OS. The van der Waals surface area contributed by atoms with Gasteiger partial charge in [0.2, 0.25) is 11.8 Å². The average molecular weight is 259 g/mol. The van der Waals surface area contributed by atoms with E-state index in [1.165, 1.54) is 12.5 Å². The minimum Gasteiger partial charge on any atom is -0.250 e. The first kappa shape index (κ1) is 12.3. The second kappa shape index (κ2) is 3.97. The van der Waals surface area contributed by atoms with Gasteiger partial charge in [-0.15, -0.1) is 0 Å². The van der Waals surface area contributed by atoms with Crippen molar-refractivity contribution in [1.29, 1.82) is 0 Å². The molecule has 0 aliphatic rings. The van der Waals surface area contributed by atoms with Crippen LogP contribution in [0.5, 0.6) is 0 Å². The van der Waals surface area contributed by atoms with Crippen molar-refractivity contribution in [2.75, 3.05) is 12.5 Å². The summed E-state index contributed by atoms with van der Waals surface area (Å²) in [5.74, 6) is -4.57. The maximum atomic E-state index is 13.1. The quantitative estimate of drug-likeness (QED) is 0.727. The summed E-state index contributed by atoms with van der Waals surface area (Å²) in [6, 6.07) is 0. The SMILES string of the molecule is CS(C)(=O)=Nc1c(F)c(F)nc(F)c1Cl. The van der Waals surface area contributed by atoms with E-state index in [1.807, 2.05) is 0 Å². The molecule has 0 atom stereocenters. The van der Waals surface area contributed by atoms with Crippen LogP contribution in [0.25, 0.3) is 0 Å². The number of hydrogen-bond acceptors (Lipinski definition) is 3. The van der Waals surface area contributed by atoms with Crippen LogP contribution >= 0.6 is 11.6 Å². The minimum absolute atomic E-state index is 0.787. The molecule has 0 saturated heterocycles. The Kier molecular flexibility index (Phi) is 3.25. The third kappa shape index (κ3) is 2.82. The molecule has 0 spiro atoms. The van der Waals surface area contributed by atoms with Gasteiger partial charge in [-0.1, -0.05) is 11.6 Å². The summed E-state index contributed by atoms with van der Waals surface area (Å²) in [6.45, 7) is 0. The Morgan fingerprint density at radius 1 is 1.27 bits per heavy atom. The molecule has 0 aromatic carbocycles. The first-order valence-electron chi connectivity index (χ1n) is 3.59. The van der Waals surface area contributed by atoms with Crippen molar-refractivity contribution in [3.05, 3.63) is 22.7 Å². The lowest BCUT2D eigenvalue weighted by molar-refractivity contribution is 0.450. The van der Waals surface area contributed by atoms with Crippen LogP contribution in [0.1, 0.15) is 0 Å².